The normalized spacial score (nSPS) is 18.5. The average Bonchev–Trinajstić information content (AvgIpc) is 3.42. The fourth-order valence-electron chi connectivity index (χ4n) is 8.98. The van der Waals surface area contributed by atoms with Crippen molar-refractivity contribution < 1.29 is 58.2 Å². The first kappa shape index (κ1) is 71.2. The lowest BCUT2D eigenvalue weighted by Gasteiger charge is -2.40. The van der Waals surface area contributed by atoms with Gasteiger partial charge in [-0.1, -0.05) is 216 Å². The number of aliphatic carboxylic acids is 1. The number of carbonyl (C=O) groups excluding carboxylic acids is 3. The van der Waals surface area contributed by atoms with Gasteiger partial charge in [0.25, 0.3) is 0 Å². The molecule has 0 aliphatic carbocycles. The molecule has 1 aliphatic rings. The van der Waals surface area contributed by atoms with Gasteiger partial charge in [-0.3, -0.25) is 14.4 Å². The number of aliphatic hydroxyl groups excluding tert-OH is 2. The highest BCUT2D eigenvalue weighted by atomic mass is 16.7. The van der Waals surface area contributed by atoms with Crippen molar-refractivity contribution in [2.45, 2.75) is 302 Å². The minimum Gasteiger partial charge on any atom is -0.479 e. The van der Waals surface area contributed by atoms with Crippen molar-refractivity contribution in [1.29, 1.82) is 0 Å². The molecule has 12 heteroatoms. The van der Waals surface area contributed by atoms with Crippen molar-refractivity contribution in [3.05, 3.63) is 72.9 Å². The van der Waals surface area contributed by atoms with Crippen LogP contribution in [-0.2, 0) is 42.9 Å². The van der Waals surface area contributed by atoms with Crippen LogP contribution in [-0.4, -0.2) is 89.2 Å². The number of unbranched alkanes of at least 4 members (excludes halogenated alkanes) is 26. The number of rotatable bonds is 52. The van der Waals surface area contributed by atoms with Crippen molar-refractivity contribution in [2.24, 2.45) is 0 Å². The second-order valence-electron chi connectivity index (χ2n) is 20.9. The van der Waals surface area contributed by atoms with Gasteiger partial charge in [0.2, 0.25) is 0 Å². The molecule has 0 aromatic carbocycles. The van der Waals surface area contributed by atoms with Crippen LogP contribution >= 0.6 is 0 Å². The fourth-order valence-corrected chi connectivity index (χ4v) is 8.98. The Balaban J connectivity index is 2.64. The molecule has 6 atom stereocenters. The molecule has 3 N–H and O–H groups in total. The Labute approximate surface area is 468 Å². The van der Waals surface area contributed by atoms with Crippen LogP contribution in [0.4, 0.5) is 0 Å². The van der Waals surface area contributed by atoms with E-state index >= 15 is 0 Å². The van der Waals surface area contributed by atoms with Gasteiger partial charge in [-0.25, -0.2) is 4.79 Å². The third-order valence-electron chi connectivity index (χ3n) is 13.7. The maximum Gasteiger partial charge on any atom is 0.335 e. The van der Waals surface area contributed by atoms with Crippen molar-refractivity contribution in [3.63, 3.8) is 0 Å². The number of aliphatic hydroxyl groups is 2. The van der Waals surface area contributed by atoms with E-state index in [-0.39, 0.29) is 25.9 Å². The molecule has 1 aliphatic heterocycles. The van der Waals surface area contributed by atoms with Gasteiger partial charge < -0.3 is 39.0 Å². The Bertz CT molecular complexity index is 1620. The summed E-state index contributed by atoms with van der Waals surface area (Å²) in [6, 6.07) is 0. The van der Waals surface area contributed by atoms with E-state index in [2.05, 4.69) is 93.7 Å². The molecule has 77 heavy (non-hydrogen) atoms. The largest absolute Gasteiger partial charge is 0.479 e. The minimum atomic E-state index is -1.91. The van der Waals surface area contributed by atoms with Gasteiger partial charge in [0.1, 0.15) is 18.8 Å². The monoisotopic (exact) mass is 1080 g/mol. The van der Waals surface area contributed by atoms with Gasteiger partial charge in [-0.2, -0.15) is 0 Å². The highest BCUT2D eigenvalue weighted by Crippen LogP contribution is 2.26. The van der Waals surface area contributed by atoms with Crippen LogP contribution in [0.5, 0.6) is 0 Å². The summed E-state index contributed by atoms with van der Waals surface area (Å²) in [4.78, 5) is 51.2. The molecule has 0 amide bonds. The maximum absolute atomic E-state index is 13.1. The summed E-state index contributed by atoms with van der Waals surface area (Å²) in [5.41, 5.74) is 0. The maximum atomic E-state index is 13.1. The number of carboxylic acids is 1. The standard InChI is InChI=1S/C65H110O12/c1-4-7-10-13-16-19-22-24-26-28-29-31-32-34-37-39-42-45-48-51-57(66)73-54-56(75-58(67)52-49-46-43-40-36-21-18-15-12-9-6-3)55-74-65-63(61(70)60(69)62(77-65)64(71)72)76-59(68)53-50-47-44-41-38-35-33-30-27-25-23-20-17-14-11-8-5-2/h8,11,15-20,24-27,56,60-63,65,69-70H,4-7,9-10,12-14,21-23,28-55H2,1-3H3,(H,71,72)/b11-8-,18-15-,19-16-,20-17-,26-24-,27-25-. The summed E-state index contributed by atoms with van der Waals surface area (Å²) in [5, 5.41) is 31.5. The Hall–Kier alpha value is -3.84. The van der Waals surface area contributed by atoms with Gasteiger partial charge in [0.05, 0.1) is 6.61 Å². The molecule has 12 nitrogen and oxygen atoms in total. The Morgan fingerprint density at radius 1 is 0.442 bits per heavy atom. The minimum absolute atomic E-state index is 0.0467. The lowest BCUT2D eigenvalue weighted by molar-refractivity contribution is -0.301. The molecule has 0 radical (unpaired) electrons. The van der Waals surface area contributed by atoms with Gasteiger partial charge in [0, 0.05) is 19.3 Å². The second kappa shape index (κ2) is 52.8. The molecule has 0 bridgehead atoms. The number of esters is 3. The lowest BCUT2D eigenvalue weighted by atomic mass is 9.98. The van der Waals surface area contributed by atoms with Crippen LogP contribution in [0.1, 0.15) is 265 Å². The van der Waals surface area contributed by atoms with E-state index in [1.807, 2.05) is 0 Å². The van der Waals surface area contributed by atoms with Crippen LogP contribution in [0, 0.1) is 0 Å². The van der Waals surface area contributed by atoms with E-state index in [1.54, 1.807) is 0 Å². The number of carboxylic acid groups (broad SMARTS) is 1. The van der Waals surface area contributed by atoms with Crippen molar-refractivity contribution >= 4 is 23.9 Å². The van der Waals surface area contributed by atoms with Crippen molar-refractivity contribution in [3.8, 4) is 0 Å². The quantitative estimate of drug-likeness (QED) is 0.0228. The third-order valence-corrected chi connectivity index (χ3v) is 13.7. The lowest BCUT2D eigenvalue weighted by Crippen LogP contribution is -2.61. The van der Waals surface area contributed by atoms with Crippen LogP contribution in [0.25, 0.3) is 0 Å². The molecule has 1 rings (SSSR count). The number of allylic oxidation sites excluding steroid dienone is 12. The van der Waals surface area contributed by atoms with Crippen LogP contribution in [0.2, 0.25) is 0 Å². The molecule has 0 aromatic rings. The van der Waals surface area contributed by atoms with Crippen molar-refractivity contribution in [1.82, 2.24) is 0 Å². The van der Waals surface area contributed by atoms with Crippen molar-refractivity contribution in [2.75, 3.05) is 13.2 Å². The first-order valence-electron chi connectivity index (χ1n) is 30.9. The predicted molar refractivity (Wildman–Crippen MR) is 312 cm³/mol. The Kier molecular flexibility index (Phi) is 48.8. The molecular formula is C65H110O12. The highest BCUT2D eigenvalue weighted by molar-refractivity contribution is 5.74. The summed E-state index contributed by atoms with van der Waals surface area (Å²) >= 11 is 0. The fraction of sp³-hybridized carbons (Fsp3) is 0.754. The topological polar surface area (TPSA) is 175 Å². The smallest absolute Gasteiger partial charge is 0.335 e. The van der Waals surface area contributed by atoms with E-state index in [9.17, 15) is 34.5 Å². The van der Waals surface area contributed by atoms with Crippen LogP contribution in [0.3, 0.4) is 0 Å². The first-order valence-corrected chi connectivity index (χ1v) is 30.9. The summed E-state index contributed by atoms with van der Waals surface area (Å²) < 4.78 is 28.4. The predicted octanol–water partition coefficient (Wildman–Crippen LogP) is 16.1. The zero-order valence-corrected chi connectivity index (χ0v) is 48.7. The summed E-state index contributed by atoms with van der Waals surface area (Å²) in [5.74, 6) is -3.14. The zero-order valence-electron chi connectivity index (χ0n) is 48.7. The molecule has 0 saturated carbocycles. The third kappa shape index (κ3) is 42.7. The van der Waals surface area contributed by atoms with Gasteiger partial charge in [-0.05, 0) is 103 Å². The molecule has 442 valence electrons. The van der Waals surface area contributed by atoms with Gasteiger partial charge in [-0.15, -0.1) is 0 Å². The molecule has 0 spiro atoms. The Morgan fingerprint density at radius 2 is 0.831 bits per heavy atom. The number of carbonyl (C=O) groups is 4. The van der Waals surface area contributed by atoms with Crippen LogP contribution < -0.4 is 0 Å². The summed E-state index contributed by atoms with van der Waals surface area (Å²) in [7, 11) is 0. The SMILES string of the molecule is CC/C=C\C/C=C\C/C=C\CCCCCCCCCC(=O)OC1C(OCC(COC(=O)CCCCCCCCCCC/C=C\C/C=C\CCCCC)OC(=O)CCCCCCC/C=C\CCCC)OC(C(=O)O)C(O)C1O. The van der Waals surface area contributed by atoms with Gasteiger partial charge in [0.15, 0.2) is 24.6 Å². The van der Waals surface area contributed by atoms with Gasteiger partial charge >= 0.3 is 23.9 Å². The van der Waals surface area contributed by atoms with E-state index in [0.29, 0.717) is 19.3 Å². The molecule has 1 heterocycles. The molecule has 1 fully saturated rings. The molecular weight excluding hydrogens is 973 g/mol. The first-order chi connectivity index (χ1) is 37.6. The van der Waals surface area contributed by atoms with E-state index in [0.717, 1.165) is 135 Å². The summed E-state index contributed by atoms with van der Waals surface area (Å²) in [6.07, 6.45) is 54.4. The average molecular weight is 1080 g/mol. The van der Waals surface area contributed by atoms with Crippen LogP contribution in [0.15, 0.2) is 72.9 Å². The molecule has 6 unspecified atom stereocenters. The van der Waals surface area contributed by atoms with E-state index < -0.39 is 67.3 Å². The summed E-state index contributed by atoms with van der Waals surface area (Å²) in [6.45, 7) is 5.82. The zero-order chi connectivity index (χ0) is 56.1. The highest BCUT2D eigenvalue weighted by Gasteiger charge is 2.50. The number of ether oxygens (including phenoxy) is 5. The molecule has 0 aromatic heterocycles. The number of hydrogen-bond donors (Lipinski definition) is 3. The molecule has 1 saturated heterocycles. The van der Waals surface area contributed by atoms with E-state index in [1.165, 1.54) is 70.6 Å². The van der Waals surface area contributed by atoms with E-state index in [4.69, 9.17) is 23.7 Å². The Morgan fingerprint density at radius 3 is 1.30 bits per heavy atom. The second-order valence-corrected chi connectivity index (χ2v) is 20.9. The number of hydrogen-bond acceptors (Lipinski definition) is 11.